The molecule has 0 fully saturated rings. The Morgan fingerprint density at radius 3 is 2.33 bits per heavy atom. The van der Waals surface area contributed by atoms with Gasteiger partial charge in [-0.15, -0.1) is 0 Å². The predicted octanol–water partition coefficient (Wildman–Crippen LogP) is 2.52. The van der Waals surface area contributed by atoms with Crippen LogP contribution in [0.3, 0.4) is 0 Å². The Morgan fingerprint density at radius 2 is 2.00 bits per heavy atom. The molecule has 0 bridgehead atoms. The second kappa shape index (κ2) is 6.06. The molecule has 72 valence electrons. The number of allylic oxidation sites excluding steroid dienone is 2. The fourth-order valence-corrected chi connectivity index (χ4v) is 1.16. The summed E-state index contributed by atoms with van der Waals surface area (Å²) in [6.07, 6.45) is 4.56. The summed E-state index contributed by atoms with van der Waals surface area (Å²) >= 11 is 0. The lowest BCUT2D eigenvalue weighted by molar-refractivity contribution is 0.338. The number of rotatable bonds is 5. The van der Waals surface area contributed by atoms with Crippen LogP contribution in [0.2, 0.25) is 0 Å². The molecule has 0 heterocycles. The van der Waals surface area contributed by atoms with Gasteiger partial charge in [-0.2, -0.15) is 0 Å². The molecule has 0 saturated heterocycles. The lowest BCUT2D eigenvalue weighted by Gasteiger charge is -2.23. The third-order valence-corrected chi connectivity index (χ3v) is 1.91. The normalized spacial score (nSPS) is 12.3. The molecule has 2 nitrogen and oxygen atoms in total. The Morgan fingerprint density at radius 1 is 1.42 bits per heavy atom. The molecule has 0 aliphatic rings. The quantitative estimate of drug-likeness (QED) is 0.507. The predicted molar refractivity (Wildman–Crippen MR) is 54.4 cm³/mol. The minimum Gasteiger partial charge on any atom is -0.316 e. The van der Waals surface area contributed by atoms with Crippen LogP contribution in [-0.4, -0.2) is 11.6 Å². The fraction of sp³-hybridized carbons (Fsp3) is 0.800. The standard InChI is InChI=1S/C10H22N2/c1-5-7-8-10(9(3)4)12(11)6-2/h8-9H,5-7,11H2,1-4H3/b10-8-. The Kier molecular flexibility index (Phi) is 5.81. The van der Waals surface area contributed by atoms with Gasteiger partial charge in [0.1, 0.15) is 0 Å². The van der Waals surface area contributed by atoms with Crippen LogP contribution in [-0.2, 0) is 0 Å². The lowest BCUT2D eigenvalue weighted by Crippen LogP contribution is -2.32. The second-order valence-electron chi connectivity index (χ2n) is 3.36. The number of hydrazine groups is 1. The number of hydrogen-bond donors (Lipinski definition) is 1. The van der Waals surface area contributed by atoms with Crippen molar-refractivity contribution in [3.8, 4) is 0 Å². The molecule has 12 heavy (non-hydrogen) atoms. The summed E-state index contributed by atoms with van der Waals surface area (Å²) in [5.41, 5.74) is 1.26. The van der Waals surface area contributed by atoms with Gasteiger partial charge in [-0.05, 0) is 19.3 Å². The molecule has 0 saturated carbocycles. The Labute approximate surface area is 76.4 Å². The molecule has 0 aliphatic carbocycles. The van der Waals surface area contributed by atoms with Gasteiger partial charge in [0.2, 0.25) is 0 Å². The largest absolute Gasteiger partial charge is 0.316 e. The zero-order valence-corrected chi connectivity index (χ0v) is 8.80. The molecule has 2 N–H and O–H groups in total. The summed E-state index contributed by atoms with van der Waals surface area (Å²) in [4.78, 5) is 0. The molecule has 0 aromatic carbocycles. The SMILES string of the molecule is CCC/C=C(/C(C)C)N(N)CC. The van der Waals surface area contributed by atoms with Crippen molar-refractivity contribution < 1.29 is 0 Å². The number of nitrogens with zero attached hydrogens (tertiary/aromatic N) is 1. The topological polar surface area (TPSA) is 29.3 Å². The maximum atomic E-state index is 5.82. The van der Waals surface area contributed by atoms with Gasteiger partial charge in [-0.3, -0.25) is 0 Å². The van der Waals surface area contributed by atoms with Crippen LogP contribution < -0.4 is 5.84 Å². The van der Waals surface area contributed by atoms with Crippen molar-refractivity contribution >= 4 is 0 Å². The summed E-state index contributed by atoms with van der Waals surface area (Å²) < 4.78 is 0. The van der Waals surface area contributed by atoms with Crippen LogP contribution in [0.25, 0.3) is 0 Å². The molecule has 0 atom stereocenters. The molecular formula is C10H22N2. The Bertz CT molecular complexity index is 139. The fourth-order valence-electron chi connectivity index (χ4n) is 1.16. The maximum absolute atomic E-state index is 5.82. The van der Waals surface area contributed by atoms with Gasteiger partial charge in [-0.25, -0.2) is 5.84 Å². The minimum absolute atomic E-state index is 0.529. The zero-order valence-electron chi connectivity index (χ0n) is 8.80. The van der Waals surface area contributed by atoms with Crippen LogP contribution in [0, 0.1) is 5.92 Å². The summed E-state index contributed by atoms with van der Waals surface area (Å²) in [6.45, 7) is 9.49. The first-order valence-corrected chi connectivity index (χ1v) is 4.85. The molecule has 0 radical (unpaired) electrons. The van der Waals surface area contributed by atoms with Crippen LogP contribution in [0.15, 0.2) is 11.8 Å². The van der Waals surface area contributed by atoms with Crippen LogP contribution in [0.5, 0.6) is 0 Å². The highest BCUT2D eigenvalue weighted by Gasteiger charge is 2.06. The Balaban J connectivity index is 4.21. The third-order valence-electron chi connectivity index (χ3n) is 1.91. The van der Waals surface area contributed by atoms with E-state index in [0.29, 0.717) is 5.92 Å². The first-order chi connectivity index (χ1) is 5.63. The molecule has 0 unspecified atom stereocenters. The number of nitrogens with two attached hydrogens (primary N) is 1. The molecule has 0 spiro atoms. The monoisotopic (exact) mass is 170 g/mol. The summed E-state index contributed by atoms with van der Waals surface area (Å²) in [6, 6.07) is 0. The van der Waals surface area contributed by atoms with Crippen LogP contribution in [0.1, 0.15) is 40.5 Å². The van der Waals surface area contributed by atoms with Gasteiger partial charge in [0.25, 0.3) is 0 Å². The van der Waals surface area contributed by atoms with Crippen molar-refractivity contribution in [2.45, 2.75) is 40.5 Å². The highest BCUT2D eigenvalue weighted by Crippen LogP contribution is 2.12. The van der Waals surface area contributed by atoms with Gasteiger partial charge < -0.3 is 5.01 Å². The zero-order chi connectivity index (χ0) is 9.56. The van der Waals surface area contributed by atoms with Crippen molar-refractivity contribution in [2.24, 2.45) is 11.8 Å². The molecule has 0 amide bonds. The van der Waals surface area contributed by atoms with E-state index < -0.39 is 0 Å². The van der Waals surface area contributed by atoms with Crippen LogP contribution in [0.4, 0.5) is 0 Å². The van der Waals surface area contributed by atoms with E-state index in [-0.39, 0.29) is 0 Å². The molecule has 0 aliphatic heterocycles. The van der Waals surface area contributed by atoms with Crippen molar-refractivity contribution in [3.05, 3.63) is 11.8 Å². The molecule has 0 aromatic rings. The summed E-state index contributed by atoms with van der Waals surface area (Å²) in [5.74, 6) is 6.35. The highest BCUT2D eigenvalue weighted by molar-refractivity contribution is 5.02. The van der Waals surface area contributed by atoms with Crippen molar-refractivity contribution in [1.29, 1.82) is 0 Å². The average Bonchev–Trinajstić information content (AvgIpc) is 2.04. The van der Waals surface area contributed by atoms with Crippen LogP contribution >= 0.6 is 0 Å². The number of unbranched alkanes of at least 4 members (excludes halogenated alkanes) is 1. The van der Waals surface area contributed by atoms with Crippen molar-refractivity contribution in [2.75, 3.05) is 6.54 Å². The van der Waals surface area contributed by atoms with E-state index in [9.17, 15) is 0 Å². The summed E-state index contributed by atoms with van der Waals surface area (Å²) in [7, 11) is 0. The van der Waals surface area contributed by atoms with E-state index in [1.165, 1.54) is 12.1 Å². The minimum atomic E-state index is 0.529. The number of hydrogen-bond acceptors (Lipinski definition) is 2. The first kappa shape index (κ1) is 11.5. The average molecular weight is 170 g/mol. The van der Waals surface area contributed by atoms with Gasteiger partial charge in [0.05, 0.1) is 0 Å². The van der Waals surface area contributed by atoms with E-state index in [4.69, 9.17) is 5.84 Å². The first-order valence-electron chi connectivity index (χ1n) is 4.85. The highest BCUT2D eigenvalue weighted by atomic mass is 15.4. The van der Waals surface area contributed by atoms with Crippen molar-refractivity contribution in [1.82, 2.24) is 5.01 Å². The van der Waals surface area contributed by atoms with E-state index in [1.807, 2.05) is 5.01 Å². The molecule has 0 aromatic heterocycles. The molecule has 0 rings (SSSR count). The molecule has 2 heteroatoms. The lowest BCUT2D eigenvalue weighted by atomic mass is 10.1. The van der Waals surface area contributed by atoms with Crippen molar-refractivity contribution in [3.63, 3.8) is 0 Å². The maximum Gasteiger partial charge on any atom is 0.0310 e. The van der Waals surface area contributed by atoms with E-state index in [2.05, 4.69) is 33.8 Å². The smallest absolute Gasteiger partial charge is 0.0310 e. The molecular weight excluding hydrogens is 148 g/mol. The Hall–Kier alpha value is -0.500. The third kappa shape index (κ3) is 3.77. The van der Waals surface area contributed by atoms with Gasteiger partial charge in [-0.1, -0.05) is 33.3 Å². The van der Waals surface area contributed by atoms with E-state index in [0.717, 1.165) is 13.0 Å². The second-order valence-corrected chi connectivity index (χ2v) is 3.36. The summed E-state index contributed by atoms with van der Waals surface area (Å²) in [5, 5.41) is 1.83. The van der Waals surface area contributed by atoms with Gasteiger partial charge >= 0.3 is 0 Å². The van der Waals surface area contributed by atoms with Gasteiger partial charge in [0.15, 0.2) is 0 Å². The van der Waals surface area contributed by atoms with E-state index in [1.54, 1.807) is 0 Å². The van der Waals surface area contributed by atoms with E-state index >= 15 is 0 Å². The van der Waals surface area contributed by atoms with Gasteiger partial charge in [0, 0.05) is 12.2 Å².